The Labute approximate surface area is 125 Å². The summed E-state index contributed by atoms with van der Waals surface area (Å²) in [6, 6.07) is 7.23. The first-order valence-electron chi connectivity index (χ1n) is 6.08. The first-order valence-corrected chi connectivity index (χ1v) is 7.86. The van der Waals surface area contributed by atoms with Crippen molar-refractivity contribution < 1.29 is 9.59 Å². The van der Waals surface area contributed by atoms with E-state index in [0.717, 1.165) is 22.2 Å². The highest BCUT2D eigenvalue weighted by Crippen LogP contribution is 2.26. The van der Waals surface area contributed by atoms with Crippen molar-refractivity contribution in [3.05, 3.63) is 28.7 Å². The molecule has 0 aromatic heterocycles. The summed E-state index contributed by atoms with van der Waals surface area (Å²) in [7, 11) is 0. The number of hydrogen-bond donors (Lipinski definition) is 2. The predicted molar refractivity (Wildman–Crippen MR) is 81.3 cm³/mol. The Morgan fingerprint density at radius 2 is 2.05 bits per heavy atom. The van der Waals surface area contributed by atoms with Crippen LogP contribution >= 0.6 is 27.7 Å². The quantitative estimate of drug-likeness (QED) is 0.615. The van der Waals surface area contributed by atoms with Gasteiger partial charge in [-0.15, -0.1) is 11.8 Å². The van der Waals surface area contributed by atoms with Gasteiger partial charge in [-0.25, -0.2) is 4.79 Å². The SMILES string of the molecule is CCCCNC(=O)NC(=O)CSc1ccccc1Br. The number of hydrogen-bond acceptors (Lipinski definition) is 3. The summed E-state index contributed by atoms with van der Waals surface area (Å²) in [5.41, 5.74) is 0. The number of nitrogens with one attached hydrogen (secondary N) is 2. The molecule has 4 nitrogen and oxygen atoms in total. The van der Waals surface area contributed by atoms with Gasteiger partial charge in [0.1, 0.15) is 0 Å². The van der Waals surface area contributed by atoms with E-state index in [1.165, 1.54) is 11.8 Å². The van der Waals surface area contributed by atoms with Crippen molar-refractivity contribution >= 4 is 39.6 Å². The molecule has 0 saturated carbocycles. The summed E-state index contributed by atoms with van der Waals surface area (Å²) >= 11 is 4.79. The molecule has 104 valence electrons. The fraction of sp³-hybridized carbons (Fsp3) is 0.385. The highest BCUT2D eigenvalue weighted by molar-refractivity contribution is 9.10. The highest BCUT2D eigenvalue weighted by atomic mass is 79.9. The van der Waals surface area contributed by atoms with Crippen LogP contribution in [0, 0.1) is 0 Å². The summed E-state index contributed by atoms with van der Waals surface area (Å²) in [4.78, 5) is 23.9. The van der Waals surface area contributed by atoms with Crippen LogP contribution in [0.15, 0.2) is 33.6 Å². The minimum Gasteiger partial charge on any atom is -0.338 e. The Morgan fingerprint density at radius 3 is 2.74 bits per heavy atom. The van der Waals surface area contributed by atoms with Crippen molar-refractivity contribution in [3.8, 4) is 0 Å². The first-order chi connectivity index (χ1) is 9.13. The van der Waals surface area contributed by atoms with Crippen molar-refractivity contribution in [2.75, 3.05) is 12.3 Å². The number of imide groups is 1. The Morgan fingerprint density at radius 1 is 1.32 bits per heavy atom. The van der Waals surface area contributed by atoms with E-state index in [-0.39, 0.29) is 11.7 Å². The van der Waals surface area contributed by atoms with Gasteiger partial charge in [0.2, 0.25) is 5.91 Å². The number of benzene rings is 1. The van der Waals surface area contributed by atoms with E-state index in [1.807, 2.05) is 31.2 Å². The first kappa shape index (κ1) is 16.0. The zero-order valence-corrected chi connectivity index (χ0v) is 13.1. The summed E-state index contributed by atoms with van der Waals surface area (Å²) in [6.45, 7) is 2.63. The number of halogens is 1. The molecule has 0 aliphatic carbocycles. The molecule has 0 heterocycles. The highest BCUT2D eigenvalue weighted by Gasteiger charge is 2.08. The fourth-order valence-corrected chi connectivity index (χ4v) is 2.66. The second-order valence-electron chi connectivity index (χ2n) is 3.88. The molecule has 2 N–H and O–H groups in total. The average molecular weight is 345 g/mol. The summed E-state index contributed by atoms with van der Waals surface area (Å²) in [5, 5.41) is 4.94. The van der Waals surface area contributed by atoms with Crippen molar-refractivity contribution in [1.29, 1.82) is 0 Å². The van der Waals surface area contributed by atoms with Crippen LogP contribution in [0.4, 0.5) is 4.79 Å². The lowest BCUT2D eigenvalue weighted by Gasteiger charge is -2.06. The maximum absolute atomic E-state index is 11.6. The standard InChI is InChI=1S/C13H17BrN2O2S/c1-2-3-8-15-13(18)16-12(17)9-19-11-7-5-4-6-10(11)14/h4-7H,2-3,8-9H2,1H3,(H2,15,16,17,18). The van der Waals surface area contributed by atoms with E-state index >= 15 is 0 Å². The third-order valence-corrected chi connectivity index (χ3v) is 4.29. The summed E-state index contributed by atoms with van der Waals surface area (Å²) in [5.74, 6) is -0.0844. The zero-order chi connectivity index (χ0) is 14.1. The molecule has 0 unspecified atom stereocenters. The molecule has 1 aromatic rings. The smallest absolute Gasteiger partial charge is 0.321 e. The van der Waals surface area contributed by atoms with Gasteiger partial charge in [0, 0.05) is 15.9 Å². The van der Waals surface area contributed by atoms with Gasteiger partial charge >= 0.3 is 6.03 Å². The van der Waals surface area contributed by atoms with Gasteiger partial charge in [-0.3, -0.25) is 10.1 Å². The maximum Gasteiger partial charge on any atom is 0.321 e. The fourth-order valence-electron chi connectivity index (χ4n) is 1.29. The molecule has 0 atom stereocenters. The largest absolute Gasteiger partial charge is 0.338 e. The number of amides is 3. The van der Waals surface area contributed by atoms with E-state index in [9.17, 15) is 9.59 Å². The minimum absolute atomic E-state index is 0.212. The molecule has 1 rings (SSSR count). The van der Waals surface area contributed by atoms with Gasteiger partial charge < -0.3 is 5.32 Å². The molecule has 0 saturated heterocycles. The lowest BCUT2D eigenvalue weighted by molar-refractivity contribution is -0.117. The van der Waals surface area contributed by atoms with Crippen LogP contribution in [0.25, 0.3) is 0 Å². The van der Waals surface area contributed by atoms with Crippen LogP contribution < -0.4 is 10.6 Å². The van der Waals surface area contributed by atoms with E-state index in [0.29, 0.717) is 6.54 Å². The Bertz CT molecular complexity index is 440. The van der Waals surface area contributed by atoms with Crippen molar-refractivity contribution in [1.82, 2.24) is 10.6 Å². The predicted octanol–water partition coefficient (Wildman–Crippen LogP) is 3.17. The van der Waals surface area contributed by atoms with Gasteiger partial charge in [0.05, 0.1) is 5.75 Å². The van der Waals surface area contributed by atoms with Crippen LogP contribution in [0.5, 0.6) is 0 Å². The minimum atomic E-state index is -0.425. The third-order valence-electron chi connectivity index (χ3n) is 2.26. The normalized spacial score (nSPS) is 10.0. The van der Waals surface area contributed by atoms with Gasteiger partial charge in [-0.05, 0) is 34.5 Å². The lowest BCUT2D eigenvalue weighted by atomic mass is 10.3. The van der Waals surface area contributed by atoms with Gasteiger partial charge in [-0.2, -0.15) is 0 Å². The molecular formula is C13H17BrN2O2S. The molecule has 0 aliphatic heterocycles. The second-order valence-corrected chi connectivity index (χ2v) is 5.75. The monoisotopic (exact) mass is 344 g/mol. The molecule has 6 heteroatoms. The number of unbranched alkanes of at least 4 members (excludes halogenated alkanes) is 1. The van der Waals surface area contributed by atoms with E-state index in [2.05, 4.69) is 26.6 Å². The van der Waals surface area contributed by atoms with Gasteiger partial charge in [-0.1, -0.05) is 25.5 Å². The molecule has 0 spiro atoms. The maximum atomic E-state index is 11.6. The molecule has 3 amide bonds. The van der Waals surface area contributed by atoms with E-state index < -0.39 is 6.03 Å². The topological polar surface area (TPSA) is 58.2 Å². The molecule has 0 aliphatic rings. The van der Waals surface area contributed by atoms with Crippen molar-refractivity contribution in [2.24, 2.45) is 0 Å². The molecule has 0 radical (unpaired) electrons. The molecular weight excluding hydrogens is 328 g/mol. The van der Waals surface area contributed by atoms with Gasteiger partial charge in [0.25, 0.3) is 0 Å². The molecule has 1 aromatic carbocycles. The average Bonchev–Trinajstić information content (AvgIpc) is 2.38. The molecule has 0 bridgehead atoms. The van der Waals surface area contributed by atoms with Crippen LogP contribution in [0.3, 0.4) is 0 Å². The second kappa shape index (κ2) is 8.98. The molecule has 0 fully saturated rings. The van der Waals surface area contributed by atoms with E-state index in [1.54, 1.807) is 0 Å². The van der Waals surface area contributed by atoms with Crippen molar-refractivity contribution in [3.63, 3.8) is 0 Å². The number of carbonyl (C=O) groups is 2. The molecule has 19 heavy (non-hydrogen) atoms. The lowest BCUT2D eigenvalue weighted by Crippen LogP contribution is -2.40. The van der Waals surface area contributed by atoms with Gasteiger partial charge in [0.15, 0.2) is 0 Å². The Hall–Kier alpha value is -1.01. The Kier molecular flexibility index (Phi) is 7.59. The number of rotatable bonds is 6. The van der Waals surface area contributed by atoms with Crippen LogP contribution in [0.2, 0.25) is 0 Å². The summed E-state index contributed by atoms with van der Waals surface area (Å²) in [6.07, 6.45) is 1.92. The number of urea groups is 1. The Balaban J connectivity index is 2.28. The van der Waals surface area contributed by atoms with Crippen LogP contribution in [0.1, 0.15) is 19.8 Å². The van der Waals surface area contributed by atoms with Crippen LogP contribution in [-0.4, -0.2) is 24.2 Å². The summed E-state index contributed by atoms with van der Waals surface area (Å²) < 4.78 is 0.945. The number of carbonyl (C=O) groups excluding carboxylic acids is 2. The van der Waals surface area contributed by atoms with Crippen molar-refractivity contribution in [2.45, 2.75) is 24.7 Å². The van der Waals surface area contributed by atoms with Crippen LogP contribution in [-0.2, 0) is 4.79 Å². The van der Waals surface area contributed by atoms with E-state index in [4.69, 9.17) is 0 Å². The third kappa shape index (κ3) is 6.63. The number of thioether (sulfide) groups is 1. The zero-order valence-electron chi connectivity index (χ0n) is 10.7.